The highest BCUT2D eigenvalue weighted by atomic mass is 35.5. The molecular formula is C18H16ClN3O3. The van der Waals surface area contributed by atoms with E-state index in [0.717, 1.165) is 22.8 Å². The molecule has 0 N–H and O–H groups in total. The fourth-order valence-corrected chi connectivity index (χ4v) is 3.05. The van der Waals surface area contributed by atoms with Crippen molar-refractivity contribution in [3.8, 4) is 11.5 Å². The second-order valence-electron chi connectivity index (χ2n) is 6.02. The van der Waals surface area contributed by atoms with Gasteiger partial charge in [0.05, 0.1) is 10.7 Å². The highest BCUT2D eigenvalue weighted by molar-refractivity contribution is 6.30. The summed E-state index contributed by atoms with van der Waals surface area (Å²) >= 11 is 5.93. The molecule has 0 saturated carbocycles. The topological polar surface area (TPSA) is 56.1 Å². The molecule has 7 heteroatoms. The molecule has 0 amide bonds. The summed E-state index contributed by atoms with van der Waals surface area (Å²) in [5.74, 6) is 1.54. The Hall–Kier alpha value is -2.57. The number of nitrogens with zero attached hydrogens (tertiary/aromatic N) is 3. The monoisotopic (exact) mass is 357 g/mol. The van der Waals surface area contributed by atoms with Crippen LogP contribution >= 0.6 is 11.6 Å². The zero-order valence-electron chi connectivity index (χ0n) is 13.6. The molecule has 6 nitrogen and oxygen atoms in total. The van der Waals surface area contributed by atoms with Gasteiger partial charge in [0.15, 0.2) is 11.5 Å². The van der Waals surface area contributed by atoms with Crippen LogP contribution in [0.5, 0.6) is 11.5 Å². The van der Waals surface area contributed by atoms with Crippen LogP contribution in [0.2, 0.25) is 5.02 Å². The molecule has 1 aliphatic rings. The van der Waals surface area contributed by atoms with Gasteiger partial charge in [0, 0.05) is 25.4 Å². The number of fused-ring (bicyclic) bond motifs is 2. The Morgan fingerprint density at radius 2 is 2.00 bits per heavy atom. The van der Waals surface area contributed by atoms with Crippen molar-refractivity contribution < 1.29 is 9.47 Å². The van der Waals surface area contributed by atoms with E-state index < -0.39 is 0 Å². The quantitative estimate of drug-likeness (QED) is 0.718. The van der Waals surface area contributed by atoms with E-state index in [1.807, 2.05) is 25.2 Å². The van der Waals surface area contributed by atoms with Crippen LogP contribution in [0.1, 0.15) is 11.3 Å². The minimum Gasteiger partial charge on any atom is -0.454 e. The van der Waals surface area contributed by atoms with Gasteiger partial charge in [-0.15, -0.1) is 0 Å². The van der Waals surface area contributed by atoms with Crippen molar-refractivity contribution in [1.29, 1.82) is 0 Å². The van der Waals surface area contributed by atoms with E-state index in [1.165, 1.54) is 4.40 Å². The lowest BCUT2D eigenvalue weighted by Crippen LogP contribution is -2.21. The number of aromatic nitrogens is 2. The highest BCUT2D eigenvalue weighted by Crippen LogP contribution is 2.32. The molecule has 0 radical (unpaired) electrons. The van der Waals surface area contributed by atoms with Crippen molar-refractivity contribution >= 4 is 17.2 Å². The number of halogens is 1. The Balaban J connectivity index is 1.52. The van der Waals surface area contributed by atoms with E-state index in [1.54, 1.807) is 24.4 Å². The lowest BCUT2D eigenvalue weighted by molar-refractivity contribution is 0.174. The average molecular weight is 358 g/mol. The summed E-state index contributed by atoms with van der Waals surface area (Å²) in [4.78, 5) is 18.9. The lowest BCUT2D eigenvalue weighted by atomic mass is 10.2. The maximum Gasteiger partial charge on any atom is 0.258 e. The molecule has 25 heavy (non-hydrogen) atoms. The summed E-state index contributed by atoms with van der Waals surface area (Å²) in [6, 6.07) is 10.9. The number of hydrogen-bond acceptors (Lipinski definition) is 5. The Bertz CT molecular complexity index is 1000. The molecule has 0 saturated heterocycles. The molecular weight excluding hydrogens is 342 g/mol. The predicted molar refractivity (Wildman–Crippen MR) is 94.2 cm³/mol. The second-order valence-corrected chi connectivity index (χ2v) is 6.46. The molecule has 128 valence electrons. The van der Waals surface area contributed by atoms with Crippen molar-refractivity contribution in [2.75, 3.05) is 13.8 Å². The van der Waals surface area contributed by atoms with Gasteiger partial charge in [0.2, 0.25) is 6.79 Å². The smallest absolute Gasteiger partial charge is 0.258 e. The first-order chi connectivity index (χ1) is 12.1. The summed E-state index contributed by atoms with van der Waals surface area (Å²) < 4.78 is 12.2. The zero-order valence-corrected chi connectivity index (χ0v) is 14.4. The molecule has 2 aromatic heterocycles. The number of rotatable bonds is 4. The van der Waals surface area contributed by atoms with Crippen LogP contribution in [0, 0.1) is 0 Å². The van der Waals surface area contributed by atoms with Gasteiger partial charge < -0.3 is 9.47 Å². The maximum absolute atomic E-state index is 12.2. The van der Waals surface area contributed by atoms with Crippen LogP contribution in [0.3, 0.4) is 0 Å². The average Bonchev–Trinajstić information content (AvgIpc) is 3.03. The van der Waals surface area contributed by atoms with Gasteiger partial charge in [-0.25, -0.2) is 4.98 Å². The van der Waals surface area contributed by atoms with E-state index >= 15 is 0 Å². The van der Waals surface area contributed by atoms with Crippen LogP contribution < -0.4 is 15.0 Å². The van der Waals surface area contributed by atoms with Crippen LogP contribution in [0.15, 0.2) is 47.4 Å². The number of ether oxygens (including phenoxy) is 2. The van der Waals surface area contributed by atoms with Gasteiger partial charge in [0.25, 0.3) is 5.56 Å². The van der Waals surface area contributed by atoms with Gasteiger partial charge >= 0.3 is 0 Å². The number of benzene rings is 1. The summed E-state index contributed by atoms with van der Waals surface area (Å²) in [6.07, 6.45) is 1.58. The van der Waals surface area contributed by atoms with Gasteiger partial charge in [-0.2, -0.15) is 0 Å². The molecule has 0 unspecified atom stereocenters. The van der Waals surface area contributed by atoms with Crippen LogP contribution in [-0.4, -0.2) is 28.1 Å². The molecule has 3 aromatic rings. The predicted octanol–water partition coefficient (Wildman–Crippen LogP) is 2.71. The van der Waals surface area contributed by atoms with E-state index in [9.17, 15) is 4.79 Å². The molecule has 1 aromatic carbocycles. The SMILES string of the molecule is CN(Cc1ccc2c(c1)OCO2)Cc1cc(=O)n2cc(Cl)ccc2n1. The highest BCUT2D eigenvalue weighted by Gasteiger charge is 2.14. The first-order valence-corrected chi connectivity index (χ1v) is 8.21. The van der Waals surface area contributed by atoms with Crippen molar-refractivity contribution in [3.05, 3.63) is 69.2 Å². The third-order valence-electron chi connectivity index (χ3n) is 4.00. The second kappa shape index (κ2) is 6.38. The van der Waals surface area contributed by atoms with Gasteiger partial charge in [-0.1, -0.05) is 17.7 Å². The largest absolute Gasteiger partial charge is 0.454 e. The summed E-state index contributed by atoms with van der Waals surface area (Å²) in [5.41, 5.74) is 2.27. The lowest BCUT2D eigenvalue weighted by Gasteiger charge is -2.16. The van der Waals surface area contributed by atoms with E-state index in [4.69, 9.17) is 21.1 Å². The Morgan fingerprint density at radius 3 is 2.88 bits per heavy atom. The number of hydrogen-bond donors (Lipinski definition) is 0. The molecule has 4 rings (SSSR count). The molecule has 0 spiro atoms. The molecule has 0 atom stereocenters. The van der Waals surface area contributed by atoms with Crippen molar-refractivity contribution in [2.24, 2.45) is 0 Å². The van der Waals surface area contributed by atoms with Gasteiger partial charge in [-0.05, 0) is 36.9 Å². The summed E-state index contributed by atoms with van der Waals surface area (Å²) in [5, 5.41) is 0.504. The van der Waals surface area contributed by atoms with Crippen LogP contribution in [-0.2, 0) is 13.1 Å². The molecule has 0 aliphatic carbocycles. The fourth-order valence-electron chi connectivity index (χ4n) is 2.89. The molecule has 1 aliphatic heterocycles. The third-order valence-corrected chi connectivity index (χ3v) is 4.22. The van der Waals surface area contributed by atoms with Crippen molar-refractivity contribution in [2.45, 2.75) is 13.1 Å². The van der Waals surface area contributed by atoms with E-state index in [2.05, 4.69) is 9.88 Å². The maximum atomic E-state index is 12.2. The normalized spacial score (nSPS) is 12.9. The minimum absolute atomic E-state index is 0.140. The van der Waals surface area contributed by atoms with Crippen molar-refractivity contribution in [1.82, 2.24) is 14.3 Å². The summed E-state index contributed by atoms with van der Waals surface area (Å²) in [7, 11) is 1.98. The van der Waals surface area contributed by atoms with E-state index in [0.29, 0.717) is 23.8 Å². The van der Waals surface area contributed by atoms with Gasteiger partial charge in [0.1, 0.15) is 5.65 Å². The first kappa shape index (κ1) is 15.9. The van der Waals surface area contributed by atoms with Gasteiger partial charge in [-0.3, -0.25) is 14.1 Å². The van der Waals surface area contributed by atoms with Crippen LogP contribution in [0.25, 0.3) is 5.65 Å². The summed E-state index contributed by atoms with van der Waals surface area (Å²) in [6.45, 7) is 1.53. The zero-order chi connectivity index (χ0) is 17.4. The Labute approximate surface area is 149 Å². The van der Waals surface area contributed by atoms with E-state index in [-0.39, 0.29) is 12.4 Å². The molecule has 0 fully saturated rings. The first-order valence-electron chi connectivity index (χ1n) is 7.83. The standard InChI is InChI=1S/C18H16ClN3O3/c1-21(8-12-2-4-15-16(6-12)25-11-24-15)10-14-7-18(23)22-9-13(19)3-5-17(22)20-14/h2-7,9H,8,10-11H2,1H3. The molecule has 3 heterocycles. The minimum atomic E-state index is -0.140. The Morgan fingerprint density at radius 1 is 1.16 bits per heavy atom. The van der Waals surface area contributed by atoms with Crippen LogP contribution in [0.4, 0.5) is 0 Å². The van der Waals surface area contributed by atoms with Crippen molar-refractivity contribution in [3.63, 3.8) is 0 Å². The fraction of sp³-hybridized carbons (Fsp3) is 0.222. The Kier molecular flexibility index (Phi) is 4.07. The molecule has 0 bridgehead atoms. The third kappa shape index (κ3) is 3.31. The number of pyridine rings is 1.